The van der Waals surface area contributed by atoms with Crippen LogP contribution in [-0.4, -0.2) is 30.4 Å². The number of ether oxygens (including phenoxy) is 2. The lowest BCUT2D eigenvalue weighted by Gasteiger charge is -2.06. The average Bonchev–Trinajstić information content (AvgIpc) is 2.29. The topological polar surface area (TPSA) is 57.5 Å². The van der Waals surface area contributed by atoms with Gasteiger partial charge >= 0.3 is 5.97 Å². The van der Waals surface area contributed by atoms with Crippen molar-refractivity contribution in [3.05, 3.63) is 34.5 Å². The highest BCUT2D eigenvalue weighted by Gasteiger charge is 2.06. The average molecular weight is 243 g/mol. The molecule has 0 aliphatic rings. The van der Waals surface area contributed by atoms with Crippen molar-refractivity contribution in [3.63, 3.8) is 0 Å². The monoisotopic (exact) mass is 243 g/mol. The number of aromatic nitrogens is 1. The standard InChI is InChI=1S/C11H14FNO4/c1-2-16-5-6-17-11(15)8-13-7-9(12)3-4-10(13)14/h3-4,7H,2,5-6,8H2,1H3. The summed E-state index contributed by atoms with van der Waals surface area (Å²) in [6.07, 6.45) is 0.964. The lowest BCUT2D eigenvalue weighted by atomic mass is 10.4. The Labute approximate surface area is 97.8 Å². The summed E-state index contributed by atoms with van der Waals surface area (Å²) in [6, 6.07) is 2.10. The Morgan fingerprint density at radius 2 is 2.18 bits per heavy atom. The molecular formula is C11H14FNO4. The van der Waals surface area contributed by atoms with E-state index in [1.807, 2.05) is 6.92 Å². The molecule has 1 rings (SSSR count). The number of esters is 1. The zero-order chi connectivity index (χ0) is 12.7. The fourth-order valence-corrected chi connectivity index (χ4v) is 1.17. The molecule has 0 aromatic carbocycles. The second-order valence-corrected chi connectivity index (χ2v) is 3.23. The third-order valence-corrected chi connectivity index (χ3v) is 1.94. The number of carbonyl (C=O) groups is 1. The van der Waals surface area contributed by atoms with Gasteiger partial charge in [0.25, 0.3) is 5.56 Å². The number of pyridine rings is 1. The Hall–Kier alpha value is -1.69. The summed E-state index contributed by atoms with van der Waals surface area (Å²) in [6.45, 7) is 2.49. The molecule has 0 bridgehead atoms. The predicted octanol–water partition coefficient (Wildman–Crippen LogP) is 0.567. The first-order valence-electron chi connectivity index (χ1n) is 5.23. The molecule has 0 spiro atoms. The molecule has 0 radical (unpaired) electrons. The van der Waals surface area contributed by atoms with Crippen LogP contribution < -0.4 is 5.56 Å². The van der Waals surface area contributed by atoms with Gasteiger partial charge in [0.1, 0.15) is 19.0 Å². The summed E-state index contributed by atoms with van der Waals surface area (Å²) in [4.78, 5) is 22.5. The van der Waals surface area contributed by atoms with Crippen molar-refractivity contribution in [2.24, 2.45) is 0 Å². The third-order valence-electron chi connectivity index (χ3n) is 1.94. The Morgan fingerprint density at radius 1 is 1.41 bits per heavy atom. The highest BCUT2D eigenvalue weighted by Crippen LogP contribution is 1.93. The zero-order valence-electron chi connectivity index (χ0n) is 9.52. The maximum Gasteiger partial charge on any atom is 0.326 e. The van der Waals surface area contributed by atoms with E-state index in [0.29, 0.717) is 13.2 Å². The van der Waals surface area contributed by atoms with E-state index in [1.54, 1.807) is 0 Å². The number of carbonyl (C=O) groups excluding carboxylic acids is 1. The highest BCUT2D eigenvalue weighted by molar-refractivity contribution is 5.69. The van der Waals surface area contributed by atoms with Crippen molar-refractivity contribution in [1.82, 2.24) is 4.57 Å². The predicted molar refractivity (Wildman–Crippen MR) is 58.1 cm³/mol. The van der Waals surface area contributed by atoms with Crippen molar-refractivity contribution < 1.29 is 18.7 Å². The summed E-state index contributed by atoms with van der Waals surface area (Å²) in [7, 11) is 0. The van der Waals surface area contributed by atoms with Gasteiger partial charge in [-0.3, -0.25) is 9.59 Å². The van der Waals surface area contributed by atoms with Crippen LogP contribution in [0.3, 0.4) is 0 Å². The van der Waals surface area contributed by atoms with Gasteiger partial charge in [-0.15, -0.1) is 0 Å². The molecule has 0 saturated heterocycles. The molecule has 0 aliphatic heterocycles. The number of hydrogen-bond acceptors (Lipinski definition) is 4. The fourth-order valence-electron chi connectivity index (χ4n) is 1.17. The van der Waals surface area contributed by atoms with E-state index >= 15 is 0 Å². The molecule has 0 atom stereocenters. The molecule has 0 amide bonds. The molecule has 17 heavy (non-hydrogen) atoms. The molecular weight excluding hydrogens is 229 g/mol. The Morgan fingerprint density at radius 3 is 2.88 bits per heavy atom. The molecule has 1 aromatic rings. The zero-order valence-corrected chi connectivity index (χ0v) is 9.52. The number of hydrogen-bond donors (Lipinski definition) is 0. The van der Waals surface area contributed by atoms with Crippen molar-refractivity contribution in [3.8, 4) is 0 Å². The first-order chi connectivity index (χ1) is 8.13. The van der Waals surface area contributed by atoms with Gasteiger partial charge in [0, 0.05) is 18.9 Å². The lowest BCUT2D eigenvalue weighted by molar-refractivity contribution is -0.145. The van der Waals surface area contributed by atoms with E-state index in [1.165, 1.54) is 0 Å². The molecule has 6 heteroatoms. The Bertz CT molecular complexity index is 430. The fraction of sp³-hybridized carbons (Fsp3) is 0.455. The van der Waals surface area contributed by atoms with Crippen LogP contribution in [-0.2, 0) is 20.8 Å². The summed E-state index contributed by atoms with van der Waals surface area (Å²) in [5.41, 5.74) is -0.451. The largest absolute Gasteiger partial charge is 0.462 e. The third kappa shape index (κ3) is 4.78. The molecule has 0 aliphatic carbocycles. The number of nitrogens with zero attached hydrogens (tertiary/aromatic N) is 1. The van der Waals surface area contributed by atoms with Crippen molar-refractivity contribution in [2.45, 2.75) is 13.5 Å². The van der Waals surface area contributed by atoms with Crippen LogP contribution in [0, 0.1) is 5.82 Å². The first kappa shape index (κ1) is 13.4. The maximum absolute atomic E-state index is 12.8. The summed E-state index contributed by atoms with van der Waals surface area (Å²) < 4.78 is 23.5. The minimum Gasteiger partial charge on any atom is -0.462 e. The molecule has 0 N–H and O–H groups in total. The molecule has 0 saturated carbocycles. The maximum atomic E-state index is 12.8. The van der Waals surface area contributed by atoms with Crippen molar-refractivity contribution >= 4 is 5.97 Å². The summed E-state index contributed by atoms with van der Waals surface area (Å²) in [5.74, 6) is -1.18. The molecule has 0 fully saturated rings. The van der Waals surface area contributed by atoms with Crippen LogP contribution in [0.25, 0.3) is 0 Å². The van der Waals surface area contributed by atoms with Crippen LogP contribution in [0.1, 0.15) is 6.92 Å². The highest BCUT2D eigenvalue weighted by atomic mass is 19.1. The minimum atomic E-state index is -0.600. The summed E-state index contributed by atoms with van der Waals surface area (Å²) >= 11 is 0. The number of rotatable bonds is 6. The summed E-state index contributed by atoms with van der Waals surface area (Å²) in [5, 5.41) is 0. The van der Waals surface area contributed by atoms with Gasteiger partial charge in [-0.25, -0.2) is 4.39 Å². The van der Waals surface area contributed by atoms with Crippen LogP contribution >= 0.6 is 0 Å². The van der Waals surface area contributed by atoms with Gasteiger partial charge in [-0.2, -0.15) is 0 Å². The minimum absolute atomic E-state index is 0.122. The van der Waals surface area contributed by atoms with E-state index in [0.717, 1.165) is 22.9 Å². The Kier molecular flexibility index (Phi) is 5.35. The van der Waals surface area contributed by atoms with Gasteiger partial charge in [0.05, 0.1) is 6.61 Å². The van der Waals surface area contributed by atoms with Gasteiger partial charge < -0.3 is 14.0 Å². The van der Waals surface area contributed by atoms with E-state index in [-0.39, 0.29) is 13.2 Å². The normalized spacial score (nSPS) is 10.2. The van der Waals surface area contributed by atoms with Gasteiger partial charge in [0.2, 0.25) is 0 Å². The van der Waals surface area contributed by atoms with E-state index in [4.69, 9.17) is 9.47 Å². The number of halogens is 1. The molecule has 94 valence electrons. The van der Waals surface area contributed by atoms with E-state index in [2.05, 4.69) is 0 Å². The van der Waals surface area contributed by atoms with Crippen molar-refractivity contribution in [1.29, 1.82) is 0 Å². The SMILES string of the molecule is CCOCCOC(=O)Cn1cc(F)ccc1=O. The van der Waals surface area contributed by atoms with Crippen LogP contribution in [0.2, 0.25) is 0 Å². The van der Waals surface area contributed by atoms with Crippen LogP contribution in [0.5, 0.6) is 0 Å². The smallest absolute Gasteiger partial charge is 0.326 e. The van der Waals surface area contributed by atoms with Crippen LogP contribution in [0.4, 0.5) is 4.39 Å². The molecule has 1 aromatic heterocycles. The van der Waals surface area contributed by atoms with Crippen molar-refractivity contribution in [2.75, 3.05) is 19.8 Å². The van der Waals surface area contributed by atoms with Gasteiger partial charge in [-0.1, -0.05) is 0 Å². The van der Waals surface area contributed by atoms with E-state index in [9.17, 15) is 14.0 Å². The quantitative estimate of drug-likeness (QED) is 0.541. The van der Waals surface area contributed by atoms with Crippen LogP contribution in [0.15, 0.2) is 23.1 Å². The molecule has 5 nitrogen and oxygen atoms in total. The molecule has 1 heterocycles. The lowest BCUT2D eigenvalue weighted by Crippen LogP contribution is -2.25. The molecule has 0 unspecified atom stereocenters. The van der Waals surface area contributed by atoms with Gasteiger partial charge in [-0.05, 0) is 13.0 Å². The first-order valence-corrected chi connectivity index (χ1v) is 5.23. The Balaban J connectivity index is 2.45. The second kappa shape index (κ2) is 6.80. The van der Waals surface area contributed by atoms with Gasteiger partial charge in [0.15, 0.2) is 0 Å². The van der Waals surface area contributed by atoms with E-state index < -0.39 is 17.3 Å². The second-order valence-electron chi connectivity index (χ2n) is 3.23.